The second-order valence-electron chi connectivity index (χ2n) is 4.69. The van der Waals surface area contributed by atoms with Gasteiger partial charge in [-0.3, -0.25) is 0 Å². The largest absolute Gasteiger partial charge is 0.339 e. The summed E-state index contributed by atoms with van der Waals surface area (Å²) in [5, 5.41) is 4.00. The van der Waals surface area contributed by atoms with Crippen LogP contribution >= 0.6 is 0 Å². The van der Waals surface area contributed by atoms with Crippen LogP contribution in [-0.2, 0) is 0 Å². The van der Waals surface area contributed by atoms with Gasteiger partial charge in [0.25, 0.3) is 0 Å². The van der Waals surface area contributed by atoms with E-state index in [-0.39, 0.29) is 6.04 Å². The van der Waals surface area contributed by atoms with Crippen molar-refractivity contribution < 1.29 is 4.52 Å². The minimum absolute atomic E-state index is 0.119. The molecule has 1 aromatic heterocycles. The number of rotatable bonds is 4. The van der Waals surface area contributed by atoms with E-state index < -0.39 is 0 Å². The van der Waals surface area contributed by atoms with Gasteiger partial charge in [0.1, 0.15) is 0 Å². The standard InChI is InChI=1S/C13H16N4O/c14-7-11(15)8-1-3-9(4-2-8)12-16-13(18-17-12)10-5-6-10/h1-4,10-11H,5-7,14-15H2. The van der Waals surface area contributed by atoms with E-state index in [0.29, 0.717) is 18.3 Å². The molecule has 1 saturated carbocycles. The summed E-state index contributed by atoms with van der Waals surface area (Å²) in [7, 11) is 0. The van der Waals surface area contributed by atoms with E-state index in [4.69, 9.17) is 16.0 Å². The van der Waals surface area contributed by atoms with Crippen molar-refractivity contribution in [3.63, 3.8) is 0 Å². The van der Waals surface area contributed by atoms with Crippen molar-refractivity contribution in [1.29, 1.82) is 0 Å². The molecule has 0 radical (unpaired) electrons. The zero-order valence-corrected chi connectivity index (χ0v) is 10.0. The lowest BCUT2D eigenvalue weighted by Crippen LogP contribution is -2.20. The van der Waals surface area contributed by atoms with Gasteiger partial charge in [0.15, 0.2) is 0 Å². The van der Waals surface area contributed by atoms with E-state index in [1.807, 2.05) is 24.3 Å². The maximum atomic E-state index is 5.86. The van der Waals surface area contributed by atoms with Crippen molar-refractivity contribution in [1.82, 2.24) is 10.1 Å². The molecule has 1 aliphatic rings. The molecule has 0 aliphatic heterocycles. The van der Waals surface area contributed by atoms with Crippen LogP contribution in [-0.4, -0.2) is 16.7 Å². The molecule has 1 fully saturated rings. The van der Waals surface area contributed by atoms with Gasteiger partial charge >= 0.3 is 0 Å². The topological polar surface area (TPSA) is 91.0 Å². The monoisotopic (exact) mass is 244 g/mol. The van der Waals surface area contributed by atoms with Crippen LogP contribution in [0.2, 0.25) is 0 Å². The second-order valence-corrected chi connectivity index (χ2v) is 4.69. The highest BCUT2D eigenvalue weighted by atomic mass is 16.5. The molecule has 0 amide bonds. The predicted molar refractivity (Wildman–Crippen MR) is 67.7 cm³/mol. The summed E-state index contributed by atoms with van der Waals surface area (Å²) in [4.78, 5) is 4.40. The van der Waals surface area contributed by atoms with E-state index in [1.54, 1.807) is 0 Å². The van der Waals surface area contributed by atoms with Gasteiger partial charge in [0.2, 0.25) is 11.7 Å². The Kier molecular flexibility index (Phi) is 2.85. The summed E-state index contributed by atoms with van der Waals surface area (Å²) in [6, 6.07) is 7.70. The van der Waals surface area contributed by atoms with Crippen molar-refractivity contribution in [3.8, 4) is 11.4 Å². The molecule has 1 aliphatic carbocycles. The third kappa shape index (κ3) is 2.14. The van der Waals surface area contributed by atoms with E-state index in [9.17, 15) is 0 Å². The summed E-state index contributed by atoms with van der Waals surface area (Å²) in [5.74, 6) is 1.88. The van der Waals surface area contributed by atoms with E-state index in [2.05, 4.69) is 10.1 Å². The molecule has 18 heavy (non-hydrogen) atoms. The molecule has 2 aromatic rings. The third-order valence-corrected chi connectivity index (χ3v) is 3.22. The Morgan fingerprint density at radius 2 is 2.00 bits per heavy atom. The molecule has 1 atom stereocenters. The minimum Gasteiger partial charge on any atom is -0.339 e. The van der Waals surface area contributed by atoms with Crippen LogP contribution in [0, 0.1) is 0 Å². The van der Waals surface area contributed by atoms with Gasteiger partial charge in [-0.2, -0.15) is 4.98 Å². The van der Waals surface area contributed by atoms with Crippen LogP contribution in [0.15, 0.2) is 28.8 Å². The summed E-state index contributed by atoms with van der Waals surface area (Å²) < 4.78 is 5.24. The predicted octanol–water partition coefficient (Wildman–Crippen LogP) is 1.57. The van der Waals surface area contributed by atoms with Crippen LogP contribution in [0.4, 0.5) is 0 Å². The normalized spacial score (nSPS) is 16.8. The van der Waals surface area contributed by atoms with Crippen molar-refractivity contribution >= 4 is 0 Å². The van der Waals surface area contributed by atoms with Crippen LogP contribution in [0.3, 0.4) is 0 Å². The number of aromatic nitrogens is 2. The zero-order chi connectivity index (χ0) is 12.5. The quantitative estimate of drug-likeness (QED) is 0.851. The Balaban J connectivity index is 1.82. The molecule has 1 heterocycles. The molecule has 5 heteroatoms. The molecule has 3 rings (SSSR count). The zero-order valence-electron chi connectivity index (χ0n) is 10.0. The highest BCUT2D eigenvalue weighted by molar-refractivity contribution is 5.55. The Morgan fingerprint density at radius 1 is 1.28 bits per heavy atom. The summed E-state index contributed by atoms with van der Waals surface area (Å²) in [6.45, 7) is 0.438. The number of nitrogens with two attached hydrogens (primary N) is 2. The Bertz CT molecular complexity index is 530. The fourth-order valence-electron chi connectivity index (χ4n) is 1.86. The summed E-state index contributed by atoms with van der Waals surface area (Å²) >= 11 is 0. The average molecular weight is 244 g/mol. The molecule has 1 unspecified atom stereocenters. The lowest BCUT2D eigenvalue weighted by molar-refractivity contribution is 0.380. The first-order valence-electron chi connectivity index (χ1n) is 6.17. The lowest BCUT2D eigenvalue weighted by Gasteiger charge is -2.08. The van der Waals surface area contributed by atoms with E-state index in [0.717, 1.165) is 29.9 Å². The van der Waals surface area contributed by atoms with Crippen LogP contribution < -0.4 is 11.5 Å². The molecule has 5 nitrogen and oxygen atoms in total. The van der Waals surface area contributed by atoms with Gasteiger partial charge in [0, 0.05) is 24.1 Å². The number of benzene rings is 1. The maximum Gasteiger partial charge on any atom is 0.230 e. The van der Waals surface area contributed by atoms with Gasteiger partial charge in [-0.1, -0.05) is 29.4 Å². The van der Waals surface area contributed by atoms with Gasteiger partial charge in [-0.25, -0.2) is 0 Å². The molecular formula is C13H16N4O. The van der Waals surface area contributed by atoms with Gasteiger partial charge in [0.05, 0.1) is 0 Å². The number of hydrogen-bond acceptors (Lipinski definition) is 5. The summed E-state index contributed by atoms with van der Waals surface area (Å²) in [6.07, 6.45) is 2.32. The van der Waals surface area contributed by atoms with Gasteiger partial charge in [-0.15, -0.1) is 0 Å². The first-order valence-corrected chi connectivity index (χ1v) is 6.17. The number of nitrogens with zero attached hydrogens (tertiary/aromatic N) is 2. The lowest BCUT2D eigenvalue weighted by atomic mass is 10.1. The molecule has 0 saturated heterocycles. The van der Waals surface area contributed by atoms with Crippen LogP contribution in [0.25, 0.3) is 11.4 Å². The molecular weight excluding hydrogens is 228 g/mol. The highest BCUT2D eigenvalue weighted by Crippen LogP contribution is 2.39. The number of hydrogen-bond donors (Lipinski definition) is 2. The fourth-order valence-corrected chi connectivity index (χ4v) is 1.86. The first kappa shape index (κ1) is 11.4. The Labute approximate surface area is 105 Å². The van der Waals surface area contributed by atoms with Crippen LogP contribution in [0.5, 0.6) is 0 Å². The van der Waals surface area contributed by atoms with Crippen molar-refractivity contribution in [3.05, 3.63) is 35.7 Å². The average Bonchev–Trinajstić information content (AvgIpc) is 3.16. The van der Waals surface area contributed by atoms with Crippen molar-refractivity contribution in [2.45, 2.75) is 24.8 Å². The van der Waals surface area contributed by atoms with Crippen molar-refractivity contribution in [2.75, 3.05) is 6.54 Å². The molecule has 94 valence electrons. The van der Waals surface area contributed by atoms with E-state index in [1.165, 1.54) is 0 Å². The second kappa shape index (κ2) is 4.51. The van der Waals surface area contributed by atoms with Crippen molar-refractivity contribution in [2.24, 2.45) is 11.5 Å². The van der Waals surface area contributed by atoms with Gasteiger partial charge in [-0.05, 0) is 18.4 Å². The molecule has 1 aromatic carbocycles. The Hall–Kier alpha value is -1.72. The maximum absolute atomic E-state index is 5.86. The molecule has 0 spiro atoms. The molecule has 4 N–H and O–H groups in total. The first-order chi connectivity index (χ1) is 8.78. The van der Waals surface area contributed by atoms with E-state index >= 15 is 0 Å². The van der Waals surface area contributed by atoms with Gasteiger partial charge < -0.3 is 16.0 Å². The highest BCUT2D eigenvalue weighted by Gasteiger charge is 2.29. The van der Waals surface area contributed by atoms with Crippen LogP contribution in [0.1, 0.15) is 36.3 Å². The minimum atomic E-state index is -0.119. The molecule has 0 bridgehead atoms. The third-order valence-electron chi connectivity index (χ3n) is 3.22. The summed E-state index contributed by atoms with van der Waals surface area (Å²) in [5.41, 5.74) is 13.4. The Morgan fingerprint density at radius 3 is 2.61 bits per heavy atom. The smallest absolute Gasteiger partial charge is 0.230 e. The SMILES string of the molecule is NCC(N)c1ccc(-c2noc(C3CC3)n2)cc1. The fraction of sp³-hybridized carbons (Fsp3) is 0.385.